The number of ether oxygens (including phenoxy) is 1. The number of hydrogen-bond acceptors (Lipinski definition) is 5. The first-order valence-electron chi connectivity index (χ1n) is 7.93. The van der Waals surface area contributed by atoms with E-state index in [0.717, 1.165) is 18.9 Å². The summed E-state index contributed by atoms with van der Waals surface area (Å²) in [4.78, 5) is 23.0. The molecule has 8 heteroatoms. The molecule has 1 saturated heterocycles. The van der Waals surface area contributed by atoms with E-state index < -0.39 is 0 Å². The van der Waals surface area contributed by atoms with Gasteiger partial charge in [0.2, 0.25) is 0 Å². The van der Waals surface area contributed by atoms with Crippen LogP contribution in [0.15, 0.2) is 42.9 Å². The lowest BCUT2D eigenvalue weighted by Crippen LogP contribution is -2.36. The monoisotopic (exact) mass is 341 g/mol. The number of morpholine rings is 1. The first-order valence-corrected chi connectivity index (χ1v) is 7.93. The van der Waals surface area contributed by atoms with Gasteiger partial charge in [-0.25, -0.2) is 14.4 Å². The van der Waals surface area contributed by atoms with Crippen LogP contribution in [-0.2, 0) is 4.74 Å². The van der Waals surface area contributed by atoms with Crippen LogP contribution in [0, 0.1) is 5.82 Å². The molecule has 0 unspecified atom stereocenters. The van der Waals surface area contributed by atoms with Crippen LogP contribution in [0.2, 0.25) is 0 Å². The molecule has 0 radical (unpaired) electrons. The summed E-state index contributed by atoms with van der Waals surface area (Å²) in [5, 5.41) is 2.75. The first kappa shape index (κ1) is 15.5. The van der Waals surface area contributed by atoms with Gasteiger partial charge in [0.15, 0.2) is 0 Å². The van der Waals surface area contributed by atoms with Crippen LogP contribution >= 0.6 is 0 Å². The number of anilines is 2. The molecule has 4 heterocycles. The number of carbonyl (C=O) groups excluding carboxylic acids is 1. The van der Waals surface area contributed by atoms with Crippen molar-refractivity contribution in [3.8, 4) is 0 Å². The van der Waals surface area contributed by atoms with E-state index >= 15 is 0 Å². The molecule has 0 bridgehead atoms. The third kappa shape index (κ3) is 3.29. The molecule has 0 atom stereocenters. The minimum Gasteiger partial charge on any atom is -0.378 e. The lowest BCUT2D eigenvalue weighted by Gasteiger charge is -2.27. The first-order chi connectivity index (χ1) is 12.2. The number of amides is 1. The number of rotatable bonds is 3. The van der Waals surface area contributed by atoms with Gasteiger partial charge in [0.05, 0.1) is 25.1 Å². The standard InChI is InChI=1S/C17H16FN5O2/c18-12-1-3-16-21-14(11-23(16)10-12)17(24)20-13-2-4-15(19-9-13)22-5-7-25-8-6-22/h1-4,9-11H,5-8H2,(H,20,24). The minimum atomic E-state index is -0.389. The van der Waals surface area contributed by atoms with Crippen molar-refractivity contribution in [3.05, 3.63) is 54.4 Å². The van der Waals surface area contributed by atoms with Crippen LogP contribution in [-0.4, -0.2) is 46.6 Å². The molecule has 4 rings (SSSR count). The van der Waals surface area contributed by atoms with Crippen LogP contribution in [0.25, 0.3) is 5.65 Å². The fourth-order valence-corrected chi connectivity index (χ4v) is 2.71. The molecule has 0 aliphatic carbocycles. The SMILES string of the molecule is O=C(Nc1ccc(N2CCOCC2)nc1)c1cn2cc(F)ccc2n1. The Bertz CT molecular complexity index is 903. The van der Waals surface area contributed by atoms with Crippen LogP contribution in [0.1, 0.15) is 10.5 Å². The Balaban J connectivity index is 1.47. The molecule has 1 fully saturated rings. The summed E-state index contributed by atoms with van der Waals surface area (Å²) in [6.45, 7) is 2.98. The molecule has 3 aromatic rings. The number of nitrogens with one attached hydrogen (secondary N) is 1. The van der Waals surface area contributed by atoms with Gasteiger partial charge in [0.25, 0.3) is 5.91 Å². The van der Waals surface area contributed by atoms with Crippen molar-refractivity contribution in [2.75, 3.05) is 36.5 Å². The highest BCUT2D eigenvalue weighted by atomic mass is 19.1. The second kappa shape index (κ2) is 6.48. The zero-order valence-electron chi connectivity index (χ0n) is 13.4. The summed E-state index contributed by atoms with van der Waals surface area (Å²) < 4.78 is 20.0. The van der Waals surface area contributed by atoms with Crippen molar-refractivity contribution in [2.45, 2.75) is 0 Å². The van der Waals surface area contributed by atoms with E-state index in [1.165, 1.54) is 28.9 Å². The number of nitrogens with zero attached hydrogens (tertiary/aromatic N) is 4. The van der Waals surface area contributed by atoms with E-state index in [9.17, 15) is 9.18 Å². The molecule has 128 valence electrons. The van der Waals surface area contributed by atoms with Crippen LogP contribution in [0.5, 0.6) is 0 Å². The highest BCUT2D eigenvalue weighted by Gasteiger charge is 2.14. The lowest BCUT2D eigenvalue weighted by molar-refractivity contribution is 0.102. The number of halogens is 1. The fourth-order valence-electron chi connectivity index (χ4n) is 2.71. The molecule has 7 nitrogen and oxygen atoms in total. The molecule has 0 aromatic carbocycles. The van der Waals surface area contributed by atoms with Crippen molar-refractivity contribution >= 4 is 23.1 Å². The molecular formula is C17H16FN5O2. The van der Waals surface area contributed by atoms with Crippen molar-refractivity contribution in [2.24, 2.45) is 0 Å². The zero-order chi connectivity index (χ0) is 17.2. The summed E-state index contributed by atoms with van der Waals surface area (Å²) >= 11 is 0. The fraction of sp³-hybridized carbons (Fsp3) is 0.235. The minimum absolute atomic E-state index is 0.211. The van der Waals surface area contributed by atoms with Gasteiger partial charge in [0, 0.05) is 25.5 Å². The molecule has 3 aromatic heterocycles. The Morgan fingerprint density at radius 1 is 1.16 bits per heavy atom. The molecule has 1 aliphatic heterocycles. The van der Waals surface area contributed by atoms with E-state index in [0.29, 0.717) is 24.5 Å². The van der Waals surface area contributed by atoms with Gasteiger partial charge in [-0.1, -0.05) is 0 Å². The predicted octanol–water partition coefficient (Wildman–Crippen LogP) is 1.96. The Labute approximate surface area is 143 Å². The van der Waals surface area contributed by atoms with Gasteiger partial charge in [-0.3, -0.25) is 4.79 Å². The third-order valence-electron chi connectivity index (χ3n) is 3.99. The number of fused-ring (bicyclic) bond motifs is 1. The van der Waals surface area contributed by atoms with Crippen molar-refractivity contribution in [1.82, 2.24) is 14.4 Å². The second-order valence-corrected chi connectivity index (χ2v) is 5.70. The van der Waals surface area contributed by atoms with Crippen LogP contribution < -0.4 is 10.2 Å². The maximum absolute atomic E-state index is 13.2. The molecule has 0 spiro atoms. The maximum Gasteiger partial charge on any atom is 0.275 e. The van der Waals surface area contributed by atoms with Gasteiger partial charge in [-0.2, -0.15) is 0 Å². The van der Waals surface area contributed by atoms with Gasteiger partial charge in [0.1, 0.15) is 23.0 Å². The van der Waals surface area contributed by atoms with E-state index in [1.54, 1.807) is 12.3 Å². The van der Waals surface area contributed by atoms with E-state index in [2.05, 4.69) is 20.2 Å². The second-order valence-electron chi connectivity index (χ2n) is 5.70. The Kier molecular flexibility index (Phi) is 4.02. The number of imidazole rings is 1. The lowest BCUT2D eigenvalue weighted by atomic mass is 10.3. The van der Waals surface area contributed by atoms with Crippen molar-refractivity contribution in [3.63, 3.8) is 0 Å². The molecule has 1 N–H and O–H groups in total. The summed E-state index contributed by atoms with van der Waals surface area (Å²) in [5.74, 6) is 0.0919. The number of pyridine rings is 2. The smallest absolute Gasteiger partial charge is 0.275 e. The topological polar surface area (TPSA) is 71.8 Å². The zero-order valence-corrected chi connectivity index (χ0v) is 13.4. The van der Waals surface area contributed by atoms with Crippen molar-refractivity contribution < 1.29 is 13.9 Å². The average Bonchev–Trinajstić information content (AvgIpc) is 3.06. The van der Waals surface area contributed by atoms with E-state index in [-0.39, 0.29) is 17.4 Å². The quantitative estimate of drug-likeness (QED) is 0.788. The van der Waals surface area contributed by atoms with Gasteiger partial charge < -0.3 is 19.4 Å². The predicted molar refractivity (Wildman–Crippen MR) is 90.4 cm³/mol. The summed E-state index contributed by atoms with van der Waals surface area (Å²) in [6, 6.07) is 6.48. The van der Waals surface area contributed by atoms with Gasteiger partial charge in [-0.15, -0.1) is 0 Å². The highest BCUT2D eigenvalue weighted by Crippen LogP contribution is 2.16. The van der Waals surface area contributed by atoms with Gasteiger partial charge >= 0.3 is 0 Å². The Morgan fingerprint density at radius 2 is 2.00 bits per heavy atom. The molecule has 1 amide bonds. The van der Waals surface area contributed by atoms with Crippen LogP contribution in [0.4, 0.5) is 15.9 Å². The molecule has 0 saturated carbocycles. The normalized spacial score (nSPS) is 14.7. The van der Waals surface area contributed by atoms with E-state index in [4.69, 9.17) is 4.74 Å². The Hall–Kier alpha value is -3.00. The summed E-state index contributed by atoms with van der Waals surface area (Å²) in [7, 11) is 0. The molecular weight excluding hydrogens is 325 g/mol. The summed E-state index contributed by atoms with van der Waals surface area (Å²) in [6.07, 6.45) is 4.37. The number of hydrogen-bond donors (Lipinski definition) is 1. The van der Waals surface area contributed by atoms with Crippen molar-refractivity contribution in [1.29, 1.82) is 0 Å². The van der Waals surface area contributed by atoms with Gasteiger partial charge in [-0.05, 0) is 24.3 Å². The van der Waals surface area contributed by atoms with Crippen LogP contribution in [0.3, 0.4) is 0 Å². The third-order valence-corrected chi connectivity index (χ3v) is 3.99. The number of aromatic nitrogens is 3. The Morgan fingerprint density at radius 3 is 2.76 bits per heavy atom. The summed E-state index contributed by atoms with van der Waals surface area (Å²) in [5.41, 5.74) is 1.29. The maximum atomic E-state index is 13.2. The average molecular weight is 341 g/mol. The molecule has 1 aliphatic rings. The molecule has 25 heavy (non-hydrogen) atoms. The highest BCUT2D eigenvalue weighted by molar-refractivity contribution is 6.03. The van der Waals surface area contributed by atoms with E-state index in [1.807, 2.05) is 6.07 Å². The largest absolute Gasteiger partial charge is 0.378 e. The number of carbonyl (C=O) groups is 1.